The summed E-state index contributed by atoms with van der Waals surface area (Å²) < 4.78 is 15.3. The van der Waals surface area contributed by atoms with Crippen molar-refractivity contribution in [3.05, 3.63) is 22.7 Å². The Morgan fingerprint density at radius 2 is 1.95 bits per heavy atom. The van der Waals surface area contributed by atoms with E-state index in [0.717, 1.165) is 0 Å². The Balaban J connectivity index is 0.00000200. The van der Waals surface area contributed by atoms with Gasteiger partial charge in [0, 0.05) is 17.1 Å². The molecule has 2 rings (SSSR count). The van der Waals surface area contributed by atoms with Gasteiger partial charge in [0.05, 0.1) is 12.5 Å². The van der Waals surface area contributed by atoms with Crippen LogP contribution in [0.25, 0.3) is 0 Å². The number of nitrogens with two attached hydrogens (primary N) is 1. The van der Waals surface area contributed by atoms with Crippen LogP contribution in [0.15, 0.2) is 12.1 Å². The van der Waals surface area contributed by atoms with Crippen LogP contribution in [-0.4, -0.2) is 19.9 Å². The number of halogens is 2. The highest BCUT2D eigenvalue weighted by Crippen LogP contribution is 2.42. The first-order valence-corrected chi connectivity index (χ1v) is 6.18. The number of rotatable bonds is 3. The van der Waals surface area contributed by atoms with Crippen LogP contribution >= 0.6 is 24.0 Å². The number of methoxy groups -OCH3 is 1. The van der Waals surface area contributed by atoms with Crippen molar-refractivity contribution in [2.24, 2.45) is 11.1 Å². The standard InChI is InChI=1S/C13H16ClNO4.ClH/c1-13(2,12(16)17-3)11(15)7-4-9-10(5-8(7)14)19-6-18-9;/h4-5,11H,6,15H2,1-3H3;1H/t11-;/m1./s1. The molecule has 1 aromatic carbocycles. The van der Waals surface area contributed by atoms with Crippen molar-refractivity contribution in [2.75, 3.05) is 13.9 Å². The predicted molar refractivity (Wildman–Crippen MR) is 77.5 cm³/mol. The Labute approximate surface area is 128 Å². The van der Waals surface area contributed by atoms with Gasteiger partial charge in [-0.25, -0.2) is 0 Å². The maximum atomic E-state index is 11.8. The van der Waals surface area contributed by atoms with Crippen LogP contribution < -0.4 is 15.2 Å². The Bertz CT molecular complexity index is 519. The van der Waals surface area contributed by atoms with Crippen LogP contribution in [0.4, 0.5) is 0 Å². The first kappa shape index (κ1) is 16.9. The highest BCUT2D eigenvalue weighted by molar-refractivity contribution is 6.31. The molecule has 1 aromatic rings. The lowest BCUT2D eigenvalue weighted by Gasteiger charge is -2.29. The molecule has 7 heteroatoms. The molecule has 0 amide bonds. The van der Waals surface area contributed by atoms with Crippen LogP contribution in [0.5, 0.6) is 11.5 Å². The molecule has 0 saturated carbocycles. The Hall–Kier alpha value is -1.17. The lowest BCUT2D eigenvalue weighted by atomic mass is 9.81. The fraction of sp³-hybridized carbons (Fsp3) is 0.462. The Morgan fingerprint density at radius 1 is 1.40 bits per heavy atom. The van der Waals surface area contributed by atoms with Crippen LogP contribution in [0.1, 0.15) is 25.5 Å². The normalized spacial score (nSPS) is 14.4. The summed E-state index contributed by atoms with van der Waals surface area (Å²) in [4.78, 5) is 11.8. The molecular formula is C13H17Cl2NO4. The molecule has 0 bridgehead atoms. The maximum Gasteiger partial charge on any atom is 0.313 e. The number of carbonyl (C=O) groups is 1. The number of carbonyl (C=O) groups excluding carboxylic acids is 1. The molecule has 0 saturated heterocycles. The highest BCUT2D eigenvalue weighted by atomic mass is 35.5. The van der Waals surface area contributed by atoms with Gasteiger partial charge < -0.3 is 19.9 Å². The number of esters is 1. The molecular weight excluding hydrogens is 305 g/mol. The smallest absolute Gasteiger partial charge is 0.313 e. The van der Waals surface area contributed by atoms with Crippen LogP contribution in [0.3, 0.4) is 0 Å². The minimum atomic E-state index is -0.897. The molecule has 5 nitrogen and oxygen atoms in total. The summed E-state index contributed by atoms with van der Waals surface area (Å²) in [7, 11) is 1.33. The van der Waals surface area contributed by atoms with Crippen molar-refractivity contribution in [1.82, 2.24) is 0 Å². The summed E-state index contributed by atoms with van der Waals surface area (Å²) >= 11 is 6.19. The maximum absolute atomic E-state index is 11.8. The number of hydrogen-bond acceptors (Lipinski definition) is 5. The van der Waals surface area contributed by atoms with Gasteiger partial charge in [-0.3, -0.25) is 4.79 Å². The molecule has 112 valence electrons. The van der Waals surface area contributed by atoms with Gasteiger partial charge in [-0.05, 0) is 25.5 Å². The number of benzene rings is 1. The first-order chi connectivity index (χ1) is 8.87. The number of hydrogen-bond donors (Lipinski definition) is 1. The van der Waals surface area contributed by atoms with E-state index in [1.165, 1.54) is 7.11 Å². The second-order valence-corrected chi connectivity index (χ2v) is 5.33. The fourth-order valence-corrected chi connectivity index (χ4v) is 2.22. The quantitative estimate of drug-likeness (QED) is 0.867. The summed E-state index contributed by atoms with van der Waals surface area (Å²) in [6, 6.07) is 2.74. The summed E-state index contributed by atoms with van der Waals surface area (Å²) in [5.74, 6) is 0.765. The van der Waals surface area contributed by atoms with Crippen LogP contribution in [0.2, 0.25) is 5.02 Å². The Kier molecular flexibility index (Phi) is 5.13. The van der Waals surface area contributed by atoms with E-state index < -0.39 is 17.4 Å². The largest absolute Gasteiger partial charge is 0.469 e. The van der Waals surface area contributed by atoms with E-state index in [4.69, 9.17) is 31.5 Å². The van der Waals surface area contributed by atoms with Gasteiger partial charge in [0.1, 0.15) is 0 Å². The minimum Gasteiger partial charge on any atom is -0.469 e. The summed E-state index contributed by atoms with van der Waals surface area (Å²) in [6.07, 6.45) is 0. The van der Waals surface area contributed by atoms with Crippen molar-refractivity contribution in [3.63, 3.8) is 0 Å². The lowest BCUT2D eigenvalue weighted by Crippen LogP contribution is -2.37. The van der Waals surface area contributed by atoms with E-state index in [1.807, 2.05) is 0 Å². The van der Waals surface area contributed by atoms with E-state index in [9.17, 15) is 4.79 Å². The number of ether oxygens (including phenoxy) is 3. The van der Waals surface area contributed by atoms with Crippen molar-refractivity contribution in [2.45, 2.75) is 19.9 Å². The summed E-state index contributed by atoms with van der Waals surface area (Å²) in [6.45, 7) is 3.58. The van der Waals surface area contributed by atoms with E-state index in [0.29, 0.717) is 22.1 Å². The third kappa shape index (κ3) is 2.80. The average molecular weight is 322 g/mol. The number of fused-ring (bicyclic) bond motifs is 1. The zero-order valence-corrected chi connectivity index (χ0v) is 13.0. The molecule has 0 radical (unpaired) electrons. The molecule has 0 aromatic heterocycles. The second-order valence-electron chi connectivity index (χ2n) is 4.92. The third-order valence-corrected chi connectivity index (χ3v) is 3.64. The SMILES string of the molecule is COC(=O)C(C)(C)[C@H](N)c1cc2c(cc1Cl)OCO2.Cl. The summed E-state index contributed by atoms with van der Waals surface area (Å²) in [5.41, 5.74) is 5.89. The molecule has 0 fully saturated rings. The van der Waals surface area contributed by atoms with Crippen LogP contribution in [-0.2, 0) is 9.53 Å². The lowest BCUT2D eigenvalue weighted by molar-refractivity contribution is -0.152. The van der Waals surface area contributed by atoms with Gasteiger partial charge in [-0.1, -0.05) is 11.6 Å². The minimum absolute atomic E-state index is 0. The molecule has 1 atom stereocenters. The molecule has 0 aliphatic carbocycles. The van der Waals surface area contributed by atoms with Crippen molar-refractivity contribution >= 4 is 30.0 Å². The molecule has 1 heterocycles. The molecule has 1 aliphatic heterocycles. The topological polar surface area (TPSA) is 70.8 Å². The molecule has 1 aliphatic rings. The van der Waals surface area contributed by atoms with Gasteiger partial charge >= 0.3 is 5.97 Å². The monoisotopic (exact) mass is 321 g/mol. The molecule has 2 N–H and O–H groups in total. The predicted octanol–water partition coefficient (Wildman–Crippen LogP) is 2.69. The highest BCUT2D eigenvalue weighted by Gasteiger charge is 2.38. The zero-order chi connectivity index (χ0) is 14.2. The molecule has 0 spiro atoms. The van der Waals surface area contributed by atoms with Gasteiger partial charge in [0.15, 0.2) is 11.5 Å². The fourth-order valence-electron chi connectivity index (χ4n) is 1.95. The summed E-state index contributed by atoms with van der Waals surface area (Å²) in [5, 5.41) is 0.439. The van der Waals surface area contributed by atoms with E-state index in [2.05, 4.69) is 0 Å². The van der Waals surface area contributed by atoms with Gasteiger partial charge in [0.2, 0.25) is 6.79 Å². The average Bonchev–Trinajstić information content (AvgIpc) is 2.82. The zero-order valence-electron chi connectivity index (χ0n) is 11.4. The van der Waals surface area contributed by atoms with E-state index in [1.54, 1.807) is 26.0 Å². The van der Waals surface area contributed by atoms with Crippen molar-refractivity contribution in [1.29, 1.82) is 0 Å². The molecule has 20 heavy (non-hydrogen) atoms. The Morgan fingerprint density at radius 3 is 2.50 bits per heavy atom. The van der Waals surface area contributed by atoms with Gasteiger partial charge in [0.25, 0.3) is 0 Å². The van der Waals surface area contributed by atoms with Crippen molar-refractivity contribution < 1.29 is 19.0 Å². The molecule has 0 unspecified atom stereocenters. The first-order valence-electron chi connectivity index (χ1n) is 5.81. The van der Waals surface area contributed by atoms with Crippen LogP contribution in [0, 0.1) is 5.41 Å². The van der Waals surface area contributed by atoms with Gasteiger partial charge in [-0.15, -0.1) is 12.4 Å². The van der Waals surface area contributed by atoms with Crippen molar-refractivity contribution in [3.8, 4) is 11.5 Å². The van der Waals surface area contributed by atoms with E-state index in [-0.39, 0.29) is 19.2 Å². The van der Waals surface area contributed by atoms with E-state index >= 15 is 0 Å². The third-order valence-electron chi connectivity index (χ3n) is 3.32. The van der Waals surface area contributed by atoms with Gasteiger partial charge in [-0.2, -0.15) is 0 Å². The second kappa shape index (κ2) is 6.08.